The number of allylic oxidation sites excluding steroid dienone is 3. The van der Waals surface area contributed by atoms with E-state index in [9.17, 15) is 0 Å². The summed E-state index contributed by atoms with van der Waals surface area (Å²) >= 11 is 0. The molecule has 10 heavy (non-hydrogen) atoms. The van der Waals surface area contributed by atoms with Gasteiger partial charge >= 0.3 is 0 Å². The Hall–Kier alpha value is -0.520. The first-order valence-corrected chi connectivity index (χ1v) is 4.15. The first-order valence-electron chi connectivity index (χ1n) is 4.15. The van der Waals surface area contributed by atoms with Crippen molar-refractivity contribution in [2.24, 2.45) is 17.8 Å². The van der Waals surface area contributed by atoms with Crippen molar-refractivity contribution in [1.29, 1.82) is 0 Å². The number of hydrogen-bond donors (Lipinski definition) is 0. The van der Waals surface area contributed by atoms with E-state index < -0.39 is 0 Å². The first-order chi connectivity index (χ1) is 4.81. The van der Waals surface area contributed by atoms with E-state index in [1.54, 1.807) is 0 Å². The van der Waals surface area contributed by atoms with E-state index >= 15 is 0 Å². The Morgan fingerprint density at radius 2 is 2.40 bits per heavy atom. The van der Waals surface area contributed by atoms with Gasteiger partial charge in [-0.15, -0.1) is 0 Å². The summed E-state index contributed by atoms with van der Waals surface area (Å²) in [6, 6.07) is 0. The van der Waals surface area contributed by atoms with Crippen molar-refractivity contribution in [3.63, 3.8) is 0 Å². The molecule has 0 radical (unpaired) electrons. The van der Waals surface area contributed by atoms with Gasteiger partial charge < -0.3 is 0 Å². The maximum Gasteiger partial charge on any atom is -0.0157 e. The molecule has 0 heteroatoms. The molecule has 0 N–H and O–H groups in total. The molecule has 0 nitrogen and oxygen atoms in total. The zero-order chi connectivity index (χ0) is 7.14. The summed E-state index contributed by atoms with van der Waals surface area (Å²) in [5.74, 6) is 2.70. The molecule has 0 spiro atoms. The first kappa shape index (κ1) is 6.21. The Morgan fingerprint density at radius 1 is 1.60 bits per heavy atom. The van der Waals surface area contributed by atoms with Crippen molar-refractivity contribution < 1.29 is 0 Å². The van der Waals surface area contributed by atoms with Crippen molar-refractivity contribution in [1.82, 2.24) is 0 Å². The van der Waals surface area contributed by atoms with Gasteiger partial charge in [0.05, 0.1) is 0 Å². The molecule has 0 amide bonds. The molecular formula is C10H14. The van der Waals surface area contributed by atoms with Gasteiger partial charge in [-0.1, -0.05) is 25.7 Å². The van der Waals surface area contributed by atoms with Gasteiger partial charge in [-0.25, -0.2) is 0 Å². The van der Waals surface area contributed by atoms with Crippen LogP contribution in [-0.4, -0.2) is 0 Å². The second kappa shape index (κ2) is 1.98. The molecule has 1 saturated carbocycles. The minimum absolute atomic E-state index is 0.873. The fourth-order valence-electron chi connectivity index (χ4n) is 2.40. The van der Waals surface area contributed by atoms with Crippen molar-refractivity contribution in [2.45, 2.75) is 19.8 Å². The topological polar surface area (TPSA) is 0 Å². The van der Waals surface area contributed by atoms with Crippen molar-refractivity contribution in [3.05, 3.63) is 24.3 Å². The summed E-state index contributed by atoms with van der Waals surface area (Å²) < 4.78 is 0. The maximum absolute atomic E-state index is 3.82. The van der Waals surface area contributed by atoms with E-state index in [-0.39, 0.29) is 0 Å². The van der Waals surface area contributed by atoms with E-state index in [0.717, 1.165) is 17.8 Å². The summed E-state index contributed by atoms with van der Waals surface area (Å²) in [5, 5.41) is 0. The van der Waals surface area contributed by atoms with Crippen LogP contribution in [0.1, 0.15) is 19.8 Å². The Balaban J connectivity index is 2.24. The van der Waals surface area contributed by atoms with Crippen molar-refractivity contribution in [2.75, 3.05) is 0 Å². The Kier molecular flexibility index (Phi) is 1.23. The molecule has 0 aromatic rings. The molecule has 0 aromatic carbocycles. The molecule has 2 aliphatic carbocycles. The van der Waals surface area contributed by atoms with E-state index in [0.29, 0.717) is 0 Å². The van der Waals surface area contributed by atoms with Gasteiger partial charge in [0, 0.05) is 0 Å². The summed E-state index contributed by atoms with van der Waals surface area (Å²) in [7, 11) is 0. The predicted molar refractivity (Wildman–Crippen MR) is 43.7 cm³/mol. The lowest BCUT2D eigenvalue weighted by atomic mass is 9.91. The van der Waals surface area contributed by atoms with Crippen LogP contribution in [0.25, 0.3) is 0 Å². The minimum Gasteiger partial charge on any atom is -0.0988 e. The fraction of sp³-hybridized carbons (Fsp3) is 0.600. The third-order valence-corrected chi connectivity index (χ3v) is 3.06. The van der Waals surface area contributed by atoms with E-state index in [4.69, 9.17) is 0 Å². The third-order valence-electron chi connectivity index (χ3n) is 3.06. The summed E-state index contributed by atoms with van der Waals surface area (Å²) in [4.78, 5) is 0. The van der Waals surface area contributed by atoms with Gasteiger partial charge in [0.15, 0.2) is 0 Å². The average Bonchev–Trinajstić information content (AvgIpc) is 2.44. The molecule has 2 aliphatic rings. The third kappa shape index (κ3) is 0.681. The Labute approximate surface area is 62.6 Å². The maximum atomic E-state index is 3.82. The highest BCUT2D eigenvalue weighted by Crippen LogP contribution is 2.47. The van der Waals surface area contributed by atoms with Crippen LogP contribution >= 0.6 is 0 Å². The minimum atomic E-state index is 0.873. The fourth-order valence-corrected chi connectivity index (χ4v) is 2.40. The van der Waals surface area contributed by atoms with Gasteiger partial charge in [0.25, 0.3) is 0 Å². The van der Waals surface area contributed by atoms with Crippen LogP contribution in [0.3, 0.4) is 0 Å². The highest BCUT2D eigenvalue weighted by Gasteiger charge is 2.36. The number of hydrogen-bond acceptors (Lipinski definition) is 0. The Bertz CT molecular complexity index is 188. The highest BCUT2D eigenvalue weighted by molar-refractivity contribution is 5.29. The lowest BCUT2D eigenvalue weighted by Gasteiger charge is -2.14. The summed E-state index contributed by atoms with van der Waals surface area (Å²) in [6.07, 6.45) is 7.27. The van der Waals surface area contributed by atoms with Gasteiger partial charge in [0.2, 0.25) is 0 Å². The second-order valence-corrected chi connectivity index (χ2v) is 3.68. The largest absolute Gasteiger partial charge is 0.0988 e. The SMILES string of the molecule is C=CC1=CC2CC1CC2C. The molecule has 3 atom stereocenters. The zero-order valence-electron chi connectivity index (χ0n) is 6.51. The lowest BCUT2D eigenvalue weighted by molar-refractivity contribution is 0.489. The average molecular weight is 134 g/mol. The monoisotopic (exact) mass is 134 g/mol. The van der Waals surface area contributed by atoms with Gasteiger partial charge in [-0.2, -0.15) is 0 Å². The highest BCUT2D eigenvalue weighted by atomic mass is 14.4. The van der Waals surface area contributed by atoms with E-state index in [2.05, 4.69) is 19.6 Å². The summed E-state index contributed by atoms with van der Waals surface area (Å²) in [5.41, 5.74) is 1.52. The molecule has 3 unspecified atom stereocenters. The van der Waals surface area contributed by atoms with Crippen LogP contribution in [0.2, 0.25) is 0 Å². The normalized spacial score (nSPS) is 43.7. The van der Waals surface area contributed by atoms with Crippen LogP contribution < -0.4 is 0 Å². The van der Waals surface area contributed by atoms with Crippen LogP contribution in [-0.2, 0) is 0 Å². The van der Waals surface area contributed by atoms with Crippen LogP contribution in [0.15, 0.2) is 24.3 Å². The van der Waals surface area contributed by atoms with E-state index in [1.165, 1.54) is 18.4 Å². The zero-order valence-corrected chi connectivity index (χ0v) is 6.51. The van der Waals surface area contributed by atoms with Crippen LogP contribution in [0.4, 0.5) is 0 Å². The molecule has 1 fully saturated rings. The van der Waals surface area contributed by atoms with Gasteiger partial charge in [-0.05, 0) is 36.2 Å². The predicted octanol–water partition coefficient (Wildman–Crippen LogP) is 2.77. The van der Waals surface area contributed by atoms with Gasteiger partial charge in [-0.3, -0.25) is 0 Å². The van der Waals surface area contributed by atoms with Gasteiger partial charge in [0.1, 0.15) is 0 Å². The van der Waals surface area contributed by atoms with Crippen LogP contribution in [0.5, 0.6) is 0 Å². The number of rotatable bonds is 1. The van der Waals surface area contributed by atoms with E-state index in [1.807, 2.05) is 6.08 Å². The van der Waals surface area contributed by atoms with Crippen molar-refractivity contribution in [3.8, 4) is 0 Å². The van der Waals surface area contributed by atoms with Crippen molar-refractivity contribution >= 4 is 0 Å². The molecule has 2 rings (SSSR count). The molecule has 54 valence electrons. The molecule has 0 aromatic heterocycles. The molecular weight excluding hydrogens is 120 g/mol. The van der Waals surface area contributed by atoms with Crippen LogP contribution in [0, 0.1) is 17.8 Å². The smallest absolute Gasteiger partial charge is 0.0157 e. The number of fused-ring (bicyclic) bond motifs is 2. The molecule has 0 heterocycles. The lowest BCUT2D eigenvalue weighted by Crippen LogP contribution is -2.03. The molecule has 0 saturated heterocycles. The molecule has 0 aliphatic heterocycles. The second-order valence-electron chi connectivity index (χ2n) is 3.68. The summed E-state index contributed by atoms with van der Waals surface area (Å²) in [6.45, 7) is 6.18. The Morgan fingerprint density at radius 3 is 2.80 bits per heavy atom. The standard InChI is InChI=1S/C10H14/c1-3-8-5-9-6-10(8)4-7(9)2/h3,5,7,9-10H,1,4,6H2,2H3. The molecule has 2 bridgehead atoms. The quantitative estimate of drug-likeness (QED) is 0.517.